The van der Waals surface area contributed by atoms with Crippen molar-refractivity contribution in [2.24, 2.45) is 7.05 Å². The van der Waals surface area contributed by atoms with E-state index < -0.39 is 0 Å². The van der Waals surface area contributed by atoms with Crippen LogP contribution in [0.5, 0.6) is 0 Å². The number of aromatic nitrogens is 3. The highest BCUT2D eigenvalue weighted by atomic mass is 15.0. The standard InChI is InChI=1S/C17H26N4/c1-5-10-18-16(8-9-17-19-11-12-21(17)4)15-7-6-13(2)20-14(15)3/h6-7,11-12,16,18H,5,8-10H2,1-4H3. The summed E-state index contributed by atoms with van der Waals surface area (Å²) in [5, 5.41) is 3.65. The molecule has 2 aromatic rings. The lowest BCUT2D eigenvalue weighted by Gasteiger charge is -2.20. The summed E-state index contributed by atoms with van der Waals surface area (Å²) in [7, 11) is 2.05. The predicted molar refractivity (Wildman–Crippen MR) is 86.3 cm³/mol. The first kappa shape index (κ1) is 15.7. The number of imidazole rings is 1. The molecule has 114 valence electrons. The van der Waals surface area contributed by atoms with E-state index in [4.69, 9.17) is 0 Å². The van der Waals surface area contributed by atoms with Crippen LogP contribution in [0.25, 0.3) is 0 Å². The van der Waals surface area contributed by atoms with Crippen LogP contribution >= 0.6 is 0 Å². The summed E-state index contributed by atoms with van der Waals surface area (Å²) < 4.78 is 2.09. The van der Waals surface area contributed by atoms with E-state index in [0.29, 0.717) is 6.04 Å². The van der Waals surface area contributed by atoms with E-state index in [-0.39, 0.29) is 0 Å². The maximum Gasteiger partial charge on any atom is 0.108 e. The van der Waals surface area contributed by atoms with Crippen LogP contribution < -0.4 is 5.32 Å². The molecule has 0 bridgehead atoms. The van der Waals surface area contributed by atoms with Crippen molar-refractivity contribution in [2.45, 2.75) is 46.1 Å². The minimum Gasteiger partial charge on any atom is -0.338 e. The lowest BCUT2D eigenvalue weighted by molar-refractivity contribution is 0.487. The summed E-state index contributed by atoms with van der Waals surface area (Å²) in [5.41, 5.74) is 3.52. The van der Waals surface area contributed by atoms with Gasteiger partial charge in [-0.05, 0) is 44.9 Å². The van der Waals surface area contributed by atoms with Gasteiger partial charge in [-0.15, -0.1) is 0 Å². The Morgan fingerprint density at radius 1 is 1.29 bits per heavy atom. The highest BCUT2D eigenvalue weighted by Crippen LogP contribution is 2.21. The van der Waals surface area contributed by atoms with E-state index in [9.17, 15) is 0 Å². The lowest BCUT2D eigenvalue weighted by atomic mass is 10.00. The van der Waals surface area contributed by atoms with Crippen LogP contribution in [0.15, 0.2) is 24.5 Å². The van der Waals surface area contributed by atoms with Crippen LogP contribution in [0.3, 0.4) is 0 Å². The zero-order valence-electron chi connectivity index (χ0n) is 13.6. The molecule has 4 nitrogen and oxygen atoms in total. The molecule has 0 aliphatic rings. The van der Waals surface area contributed by atoms with Gasteiger partial charge in [0.05, 0.1) is 0 Å². The van der Waals surface area contributed by atoms with E-state index >= 15 is 0 Å². The van der Waals surface area contributed by atoms with E-state index in [1.807, 2.05) is 19.3 Å². The Morgan fingerprint density at radius 2 is 2.10 bits per heavy atom. The highest BCUT2D eigenvalue weighted by molar-refractivity contribution is 5.25. The van der Waals surface area contributed by atoms with Crippen LogP contribution in [0.1, 0.15) is 48.6 Å². The molecular weight excluding hydrogens is 260 g/mol. The first-order chi connectivity index (χ1) is 10.1. The molecule has 0 aliphatic carbocycles. The molecule has 2 rings (SSSR count). The average Bonchev–Trinajstić information content (AvgIpc) is 2.85. The molecule has 0 saturated carbocycles. The van der Waals surface area contributed by atoms with Crippen molar-refractivity contribution in [2.75, 3.05) is 6.54 Å². The Kier molecular flexibility index (Phi) is 5.51. The molecule has 0 fully saturated rings. The number of nitrogens with zero attached hydrogens (tertiary/aromatic N) is 3. The lowest BCUT2D eigenvalue weighted by Crippen LogP contribution is -2.24. The fourth-order valence-electron chi connectivity index (χ4n) is 2.66. The molecule has 0 amide bonds. The zero-order chi connectivity index (χ0) is 15.2. The molecule has 0 aliphatic heterocycles. The normalized spacial score (nSPS) is 12.6. The molecule has 1 unspecified atom stereocenters. The fraction of sp³-hybridized carbons (Fsp3) is 0.529. The van der Waals surface area contributed by atoms with Gasteiger partial charge in [-0.2, -0.15) is 0 Å². The smallest absolute Gasteiger partial charge is 0.108 e. The van der Waals surface area contributed by atoms with E-state index in [1.54, 1.807) is 0 Å². The first-order valence-electron chi connectivity index (χ1n) is 7.75. The topological polar surface area (TPSA) is 42.7 Å². The average molecular weight is 286 g/mol. The number of pyridine rings is 1. The number of nitrogens with one attached hydrogen (secondary N) is 1. The van der Waals surface area contributed by atoms with Crippen LogP contribution in [0, 0.1) is 13.8 Å². The summed E-state index contributed by atoms with van der Waals surface area (Å²) in [6.45, 7) is 7.37. The second kappa shape index (κ2) is 7.36. The molecule has 4 heteroatoms. The maximum atomic E-state index is 4.60. The minimum atomic E-state index is 0.342. The highest BCUT2D eigenvalue weighted by Gasteiger charge is 2.15. The number of hydrogen-bond acceptors (Lipinski definition) is 3. The van der Waals surface area contributed by atoms with Gasteiger partial charge in [0.15, 0.2) is 0 Å². The molecule has 2 aromatic heterocycles. The zero-order valence-corrected chi connectivity index (χ0v) is 13.6. The molecule has 0 spiro atoms. The number of rotatable bonds is 7. The quantitative estimate of drug-likeness (QED) is 0.850. The third kappa shape index (κ3) is 4.14. The van der Waals surface area contributed by atoms with Gasteiger partial charge in [-0.25, -0.2) is 4.98 Å². The van der Waals surface area contributed by atoms with Crippen molar-refractivity contribution in [1.29, 1.82) is 0 Å². The molecule has 1 N–H and O–H groups in total. The van der Waals surface area contributed by atoms with Gasteiger partial charge >= 0.3 is 0 Å². The minimum absolute atomic E-state index is 0.342. The van der Waals surface area contributed by atoms with Gasteiger partial charge in [0.25, 0.3) is 0 Å². The van der Waals surface area contributed by atoms with Crippen molar-refractivity contribution >= 4 is 0 Å². The van der Waals surface area contributed by atoms with Gasteiger partial charge < -0.3 is 9.88 Å². The van der Waals surface area contributed by atoms with Gasteiger partial charge in [-0.3, -0.25) is 4.98 Å². The second-order valence-electron chi connectivity index (χ2n) is 5.63. The van der Waals surface area contributed by atoms with E-state index in [2.05, 4.69) is 52.9 Å². The molecule has 2 heterocycles. The van der Waals surface area contributed by atoms with Crippen molar-refractivity contribution in [3.63, 3.8) is 0 Å². The van der Waals surface area contributed by atoms with E-state index in [1.165, 1.54) is 5.56 Å². The molecule has 21 heavy (non-hydrogen) atoms. The Balaban J connectivity index is 2.12. The van der Waals surface area contributed by atoms with Crippen molar-refractivity contribution < 1.29 is 0 Å². The van der Waals surface area contributed by atoms with Gasteiger partial charge in [0.1, 0.15) is 5.82 Å². The summed E-state index contributed by atoms with van der Waals surface area (Å²) in [5.74, 6) is 1.14. The fourth-order valence-corrected chi connectivity index (χ4v) is 2.66. The van der Waals surface area contributed by atoms with Gasteiger partial charge in [-0.1, -0.05) is 13.0 Å². The molecule has 0 saturated heterocycles. The third-order valence-corrected chi connectivity index (χ3v) is 3.86. The SMILES string of the molecule is CCCNC(CCc1nccn1C)c1ccc(C)nc1C. The van der Waals surface area contributed by atoms with Gasteiger partial charge in [0, 0.05) is 43.3 Å². The van der Waals surface area contributed by atoms with Crippen LogP contribution in [-0.4, -0.2) is 21.1 Å². The Morgan fingerprint density at radius 3 is 2.71 bits per heavy atom. The second-order valence-corrected chi connectivity index (χ2v) is 5.63. The third-order valence-electron chi connectivity index (χ3n) is 3.86. The van der Waals surface area contributed by atoms with Crippen molar-refractivity contribution in [3.05, 3.63) is 47.3 Å². The molecule has 0 aromatic carbocycles. The number of aryl methyl sites for hydroxylation is 4. The van der Waals surface area contributed by atoms with Crippen LogP contribution in [-0.2, 0) is 13.5 Å². The number of hydrogen-bond donors (Lipinski definition) is 1. The largest absolute Gasteiger partial charge is 0.338 e. The Labute approximate surface area is 127 Å². The van der Waals surface area contributed by atoms with Crippen molar-refractivity contribution in [1.82, 2.24) is 19.9 Å². The summed E-state index contributed by atoms with van der Waals surface area (Å²) in [6.07, 6.45) is 7.01. The summed E-state index contributed by atoms with van der Waals surface area (Å²) in [6, 6.07) is 4.66. The predicted octanol–water partition coefficient (Wildman–Crippen LogP) is 3.11. The molecule has 1 atom stereocenters. The van der Waals surface area contributed by atoms with Crippen molar-refractivity contribution in [3.8, 4) is 0 Å². The maximum absolute atomic E-state index is 4.60. The van der Waals surface area contributed by atoms with E-state index in [0.717, 1.165) is 43.0 Å². The van der Waals surface area contributed by atoms with Crippen LogP contribution in [0.4, 0.5) is 0 Å². The molecule has 0 radical (unpaired) electrons. The first-order valence-corrected chi connectivity index (χ1v) is 7.75. The monoisotopic (exact) mass is 286 g/mol. The Bertz CT molecular complexity index is 574. The Hall–Kier alpha value is -1.68. The summed E-state index contributed by atoms with van der Waals surface area (Å²) >= 11 is 0. The van der Waals surface area contributed by atoms with Crippen LogP contribution in [0.2, 0.25) is 0 Å². The summed E-state index contributed by atoms with van der Waals surface area (Å²) in [4.78, 5) is 9.02. The molecular formula is C17H26N4. The van der Waals surface area contributed by atoms with Gasteiger partial charge in [0.2, 0.25) is 0 Å².